The Balaban J connectivity index is 2.39. The highest BCUT2D eigenvalue weighted by Crippen LogP contribution is 2.31. The molecule has 1 unspecified atom stereocenters. The zero-order valence-corrected chi connectivity index (χ0v) is 13.1. The third-order valence-electron chi connectivity index (χ3n) is 3.32. The molecule has 19 heavy (non-hydrogen) atoms. The molecule has 0 aromatic heterocycles. The molecule has 1 aliphatic rings. The standard InChI is InChI=1S/C12H17BrN2O3S/c1-18-12-7-10(4-5-11(12)13)19(16,17)15-6-2-3-9(15)8-14/h4-5,7,9H,2-3,6,8,14H2,1H3. The van der Waals surface area contributed by atoms with Crippen LogP contribution in [0.4, 0.5) is 0 Å². The highest BCUT2D eigenvalue weighted by molar-refractivity contribution is 9.10. The number of nitrogens with zero attached hydrogens (tertiary/aromatic N) is 1. The maximum atomic E-state index is 12.6. The number of halogens is 1. The van der Waals surface area contributed by atoms with E-state index in [2.05, 4.69) is 15.9 Å². The second-order valence-corrected chi connectivity index (χ2v) is 7.19. The number of benzene rings is 1. The van der Waals surface area contributed by atoms with E-state index < -0.39 is 10.0 Å². The minimum Gasteiger partial charge on any atom is -0.496 e. The van der Waals surface area contributed by atoms with Gasteiger partial charge in [-0.05, 0) is 40.9 Å². The number of methoxy groups -OCH3 is 1. The molecule has 1 aromatic carbocycles. The number of ether oxygens (including phenoxy) is 1. The highest BCUT2D eigenvalue weighted by atomic mass is 79.9. The molecule has 1 aromatic rings. The Labute approximate surface area is 121 Å². The van der Waals surface area contributed by atoms with Crippen molar-refractivity contribution in [3.8, 4) is 5.75 Å². The van der Waals surface area contributed by atoms with Crippen LogP contribution in [0.3, 0.4) is 0 Å². The molecule has 0 saturated carbocycles. The predicted octanol–water partition coefficient (Wildman–Crippen LogP) is 1.57. The van der Waals surface area contributed by atoms with Crippen molar-refractivity contribution in [3.05, 3.63) is 22.7 Å². The van der Waals surface area contributed by atoms with Gasteiger partial charge in [-0.3, -0.25) is 0 Å². The molecule has 1 atom stereocenters. The number of sulfonamides is 1. The van der Waals surface area contributed by atoms with Crippen LogP contribution < -0.4 is 10.5 Å². The maximum Gasteiger partial charge on any atom is 0.243 e. The smallest absolute Gasteiger partial charge is 0.243 e. The minimum absolute atomic E-state index is 0.0976. The minimum atomic E-state index is -3.50. The van der Waals surface area contributed by atoms with Crippen molar-refractivity contribution in [2.75, 3.05) is 20.2 Å². The van der Waals surface area contributed by atoms with Gasteiger partial charge in [0.15, 0.2) is 0 Å². The fraction of sp³-hybridized carbons (Fsp3) is 0.500. The third-order valence-corrected chi connectivity index (χ3v) is 5.93. The Morgan fingerprint density at radius 2 is 2.26 bits per heavy atom. The summed E-state index contributed by atoms with van der Waals surface area (Å²) >= 11 is 3.31. The molecule has 1 saturated heterocycles. The lowest BCUT2D eigenvalue weighted by molar-refractivity contribution is 0.391. The van der Waals surface area contributed by atoms with Gasteiger partial charge in [0.1, 0.15) is 5.75 Å². The molecular weight excluding hydrogens is 332 g/mol. The van der Waals surface area contributed by atoms with Gasteiger partial charge in [0.2, 0.25) is 10.0 Å². The number of rotatable bonds is 4. The van der Waals surface area contributed by atoms with Crippen molar-refractivity contribution in [2.45, 2.75) is 23.8 Å². The Morgan fingerprint density at radius 1 is 1.53 bits per heavy atom. The number of hydrogen-bond acceptors (Lipinski definition) is 4. The van der Waals surface area contributed by atoms with Gasteiger partial charge in [0.25, 0.3) is 0 Å². The molecule has 0 radical (unpaired) electrons. The second kappa shape index (κ2) is 5.78. The average Bonchev–Trinajstić information content (AvgIpc) is 2.88. The summed E-state index contributed by atoms with van der Waals surface area (Å²) in [6.45, 7) is 0.884. The van der Waals surface area contributed by atoms with Gasteiger partial charge in [-0.15, -0.1) is 0 Å². The van der Waals surface area contributed by atoms with Crippen LogP contribution in [0.5, 0.6) is 5.75 Å². The molecule has 1 fully saturated rings. The molecule has 0 amide bonds. The van der Waals surface area contributed by atoms with E-state index in [1.165, 1.54) is 17.5 Å². The lowest BCUT2D eigenvalue weighted by Gasteiger charge is -2.23. The Bertz CT molecular complexity index is 562. The summed E-state index contributed by atoms with van der Waals surface area (Å²) in [7, 11) is -1.99. The van der Waals surface area contributed by atoms with Gasteiger partial charge in [-0.25, -0.2) is 8.42 Å². The first-order chi connectivity index (χ1) is 9.00. The molecular formula is C12H17BrN2O3S. The van der Waals surface area contributed by atoms with Crippen LogP contribution in [-0.4, -0.2) is 39.0 Å². The Hall–Kier alpha value is -0.630. The summed E-state index contributed by atoms with van der Waals surface area (Å²) in [5.41, 5.74) is 5.64. The predicted molar refractivity (Wildman–Crippen MR) is 76.7 cm³/mol. The summed E-state index contributed by atoms with van der Waals surface area (Å²) in [5, 5.41) is 0. The second-order valence-electron chi connectivity index (χ2n) is 4.44. The zero-order valence-electron chi connectivity index (χ0n) is 10.7. The lowest BCUT2D eigenvalue weighted by atomic mass is 10.2. The topological polar surface area (TPSA) is 72.6 Å². The van der Waals surface area contributed by atoms with Gasteiger partial charge in [0, 0.05) is 25.2 Å². The van der Waals surface area contributed by atoms with E-state index in [0.29, 0.717) is 18.8 Å². The first-order valence-corrected chi connectivity index (χ1v) is 8.29. The SMILES string of the molecule is COc1cc(S(=O)(=O)N2CCCC2CN)ccc1Br. The van der Waals surface area contributed by atoms with Gasteiger partial charge >= 0.3 is 0 Å². The van der Waals surface area contributed by atoms with Crippen molar-refractivity contribution in [2.24, 2.45) is 5.73 Å². The summed E-state index contributed by atoms with van der Waals surface area (Å²) in [6, 6.07) is 4.69. The van der Waals surface area contributed by atoms with E-state index in [4.69, 9.17) is 10.5 Å². The summed E-state index contributed by atoms with van der Waals surface area (Å²) in [5.74, 6) is 0.504. The van der Waals surface area contributed by atoms with E-state index in [9.17, 15) is 8.42 Å². The lowest BCUT2D eigenvalue weighted by Crippen LogP contribution is -2.39. The van der Waals surface area contributed by atoms with Crippen LogP contribution >= 0.6 is 15.9 Å². The molecule has 7 heteroatoms. The van der Waals surface area contributed by atoms with Crippen LogP contribution in [0.2, 0.25) is 0 Å². The van der Waals surface area contributed by atoms with E-state index in [-0.39, 0.29) is 10.9 Å². The van der Waals surface area contributed by atoms with Crippen LogP contribution in [0.1, 0.15) is 12.8 Å². The molecule has 0 aliphatic carbocycles. The van der Waals surface area contributed by atoms with Crippen molar-refractivity contribution in [1.29, 1.82) is 0 Å². The van der Waals surface area contributed by atoms with Crippen LogP contribution in [0.15, 0.2) is 27.6 Å². The van der Waals surface area contributed by atoms with Crippen LogP contribution in [0, 0.1) is 0 Å². The van der Waals surface area contributed by atoms with Crippen molar-refractivity contribution in [1.82, 2.24) is 4.31 Å². The van der Waals surface area contributed by atoms with Gasteiger partial charge in [-0.1, -0.05) is 0 Å². The van der Waals surface area contributed by atoms with E-state index in [1.807, 2.05) is 0 Å². The van der Waals surface area contributed by atoms with Gasteiger partial charge < -0.3 is 10.5 Å². The number of nitrogens with two attached hydrogens (primary N) is 1. The largest absolute Gasteiger partial charge is 0.496 e. The number of hydrogen-bond donors (Lipinski definition) is 1. The Kier molecular flexibility index (Phi) is 4.50. The molecule has 5 nitrogen and oxygen atoms in total. The molecule has 0 bridgehead atoms. The molecule has 2 rings (SSSR count). The van der Waals surface area contributed by atoms with Crippen LogP contribution in [0.25, 0.3) is 0 Å². The maximum absolute atomic E-state index is 12.6. The van der Waals surface area contributed by atoms with E-state index in [0.717, 1.165) is 17.3 Å². The fourth-order valence-electron chi connectivity index (χ4n) is 2.30. The fourth-order valence-corrected chi connectivity index (χ4v) is 4.43. The van der Waals surface area contributed by atoms with E-state index >= 15 is 0 Å². The molecule has 1 aliphatic heterocycles. The van der Waals surface area contributed by atoms with Gasteiger partial charge in [-0.2, -0.15) is 4.31 Å². The molecule has 0 spiro atoms. The summed E-state index contributed by atoms with van der Waals surface area (Å²) in [6.07, 6.45) is 1.68. The van der Waals surface area contributed by atoms with E-state index in [1.54, 1.807) is 12.1 Å². The van der Waals surface area contributed by atoms with Crippen molar-refractivity contribution < 1.29 is 13.2 Å². The third kappa shape index (κ3) is 2.79. The highest BCUT2D eigenvalue weighted by Gasteiger charge is 2.34. The molecule has 2 N–H and O–H groups in total. The van der Waals surface area contributed by atoms with Crippen molar-refractivity contribution in [3.63, 3.8) is 0 Å². The molecule has 106 valence electrons. The first kappa shape index (κ1) is 14.8. The van der Waals surface area contributed by atoms with Crippen molar-refractivity contribution >= 4 is 26.0 Å². The first-order valence-electron chi connectivity index (χ1n) is 6.06. The van der Waals surface area contributed by atoms with Gasteiger partial charge in [0.05, 0.1) is 16.5 Å². The molecule has 1 heterocycles. The Morgan fingerprint density at radius 3 is 2.89 bits per heavy atom. The zero-order chi connectivity index (χ0) is 14.0. The normalized spacial score (nSPS) is 20.7. The van der Waals surface area contributed by atoms with Crippen LogP contribution in [-0.2, 0) is 10.0 Å². The monoisotopic (exact) mass is 348 g/mol. The summed E-state index contributed by atoms with van der Waals surface area (Å²) in [4.78, 5) is 0.243. The summed E-state index contributed by atoms with van der Waals surface area (Å²) < 4.78 is 32.5. The quantitative estimate of drug-likeness (QED) is 0.896. The average molecular weight is 349 g/mol.